The van der Waals surface area contributed by atoms with Crippen molar-refractivity contribution in [1.82, 2.24) is 0 Å². The van der Waals surface area contributed by atoms with Gasteiger partial charge in [-0.1, -0.05) is 0 Å². The van der Waals surface area contributed by atoms with Crippen molar-refractivity contribution >= 4 is 113 Å². The molecule has 0 bridgehead atoms. The van der Waals surface area contributed by atoms with Gasteiger partial charge in [0.1, 0.15) is 6.10 Å². The first-order valence-corrected chi connectivity index (χ1v) is 2.44. The van der Waals surface area contributed by atoms with Crippen LogP contribution in [0.4, 0.5) is 0 Å². The monoisotopic (exact) mass is 240 g/mol. The van der Waals surface area contributed by atoms with Crippen LogP contribution >= 0.6 is 12.4 Å². The number of hydrogen-bond donors (Lipinski definition) is 1. The van der Waals surface area contributed by atoms with Gasteiger partial charge in [-0.3, -0.25) is 4.79 Å². The maximum absolute atomic E-state index is 10.3. The van der Waals surface area contributed by atoms with Crippen molar-refractivity contribution in [2.45, 2.75) is 20.0 Å². The molecule has 0 aliphatic heterocycles. The molecule has 8 heteroatoms. The fourth-order valence-electron chi connectivity index (χ4n) is 0.227. The quantitative estimate of drug-likeness (QED) is 0.325. The molecule has 66 valence electrons. The summed E-state index contributed by atoms with van der Waals surface area (Å²) in [6, 6.07) is 0. The molecule has 0 heterocycles. The van der Waals surface area contributed by atoms with Gasteiger partial charge >= 0.3 is 101 Å². The van der Waals surface area contributed by atoms with Crippen LogP contribution in [-0.4, -0.2) is 112 Å². The van der Waals surface area contributed by atoms with Gasteiger partial charge in [0.05, 0.1) is 0 Å². The van der Waals surface area contributed by atoms with Crippen LogP contribution in [0.1, 0.15) is 13.8 Å². The minimum atomic E-state index is -1.23. The van der Waals surface area contributed by atoms with Crippen LogP contribution in [0.2, 0.25) is 0 Å². The second-order valence-corrected chi connectivity index (χ2v) is 1.59. The Bertz CT molecular complexity index is 142. The van der Waals surface area contributed by atoms with Gasteiger partial charge in [-0.05, 0) is 6.92 Å². The summed E-state index contributed by atoms with van der Waals surface area (Å²) in [6.07, 6.45) is -1.23. The van der Waals surface area contributed by atoms with Crippen LogP contribution in [0.15, 0.2) is 0 Å². The molecule has 13 heavy (non-hydrogen) atoms. The topological polar surface area (TPSA) is 63.6 Å². The molecular formula is C5H12ClNa3O4. The molecule has 0 aliphatic carbocycles. The van der Waals surface area contributed by atoms with Crippen LogP contribution in [0, 0.1) is 0 Å². The van der Waals surface area contributed by atoms with Gasteiger partial charge in [-0.25, -0.2) is 4.79 Å². The first-order chi connectivity index (χ1) is 4.04. The SMILES string of the molecule is CC(=O)OC(=O)C(C)O.Cl.[NaH].[NaH].[NaH]. The van der Waals surface area contributed by atoms with Crippen LogP contribution in [-0.2, 0) is 14.3 Å². The van der Waals surface area contributed by atoms with Crippen molar-refractivity contribution in [2.75, 3.05) is 0 Å². The van der Waals surface area contributed by atoms with E-state index < -0.39 is 18.0 Å². The molecule has 0 aromatic carbocycles. The number of aliphatic hydroxyl groups excluding tert-OH is 1. The van der Waals surface area contributed by atoms with E-state index in [1.807, 2.05) is 0 Å². The first kappa shape index (κ1) is 29.5. The number of ether oxygens (including phenoxy) is 1. The Morgan fingerprint density at radius 3 is 1.62 bits per heavy atom. The van der Waals surface area contributed by atoms with Gasteiger partial charge in [0, 0.05) is 6.92 Å². The zero-order chi connectivity index (χ0) is 7.44. The van der Waals surface area contributed by atoms with Crippen molar-refractivity contribution in [1.29, 1.82) is 0 Å². The number of carbonyl (C=O) groups excluding carboxylic acids is 2. The van der Waals surface area contributed by atoms with E-state index in [-0.39, 0.29) is 101 Å². The molecule has 1 unspecified atom stereocenters. The van der Waals surface area contributed by atoms with E-state index >= 15 is 0 Å². The molecule has 0 saturated carbocycles. The van der Waals surface area contributed by atoms with E-state index in [9.17, 15) is 9.59 Å². The number of hydrogen-bond acceptors (Lipinski definition) is 4. The van der Waals surface area contributed by atoms with Crippen molar-refractivity contribution in [3.63, 3.8) is 0 Å². The number of carbonyl (C=O) groups is 2. The molecule has 0 fully saturated rings. The summed E-state index contributed by atoms with van der Waals surface area (Å²) in [5, 5.41) is 8.44. The average molecular weight is 241 g/mol. The molecule has 1 N–H and O–H groups in total. The molecule has 0 spiro atoms. The molecule has 0 aromatic heterocycles. The number of rotatable bonds is 1. The molecule has 0 aliphatic rings. The van der Waals surface area contributed by atoms with E-state index in [0.29, 0.717) is 0 Å². The molecule has 0 saturated heterocycles. The molecule has 0 rings (SSSR count). The summed E-state index contributed by atoms with van der Waals surface area (Å²) in [5.74, 6) is -1.62. The zero-order valence-electron chi connectivity index (χ0n) is 5.66. The first-order valence-electron chi connectivity index (χ1n) is 2.44. The van der Waals surface area contributed by atoms with Crippen molar-refractivity contribution in [2.24, 2.45) is 0 Å². The normalized spacial score (nSPS) is 8.54. The maximum atomic E-state index is 10.3. The van der Waals surface area contributed by atoms with Crippen molar-refractivity contribution in [3.8, 4) is 0 Å². The standard InChI is InChI=1S/C5H8O4.ClH.3Na.3H/c1-3(6)5(8)9-4(2)7;;;;;;;/h3,6H,1-2H3;1H;;;;;;. The van der Waals surface area contributed by atoms with E-state index in [2.05, 4.69) is 4.74 Å². The van der Waals surface area contributed by atoms with E-state index in [1.54, 1.807) is 0 Å². The Morgan fingerprint density at radius 2 is 1.54 bits per heavy atom. The number of esters is 2. The zero-order valence-corrected chi connectivity index (χ0v) is 6.47. The fraction of sp³-hybridized carbons (Fsp3) is 0.600. The summed E-state index contributed by atoms with van der Waals surface area (Å²) in [4.78, 5) is 20.3. The third kappa shape index (κ3) is 20.5. The van der Waals surface area contributed by atoms with Gasteiger partial charge in [0.25, 0.3) is 0 Å². The molecule has 4 nitrogen and oxygen atoms in total. The Balaban J connectivity index is -0.0000000533. The molecule has 0 radical (unpaired) electrons. The van der Waals surface area contributed by atoms with Crippen molar-refractivity contribution in [3.05, 3.63) is 0 Å². The van der Waals surface area contributed by atoms with Crippen LogP contribution < -0.4 is 0 Å². The third-order valence-corrected chi connectivity index (χ3v) is 0.585. The van der Waals surface area contributed by atoms with Crippen LogP contribution in [0.5, 0.6) is 0 Å². The summed E-state index contributed by atoms with van der Waals surface area (Å²) in [5.41, 5.74) is 0. The number of aliphatic hydroxyl groups is 1. The van der Waals surface area contributed by atoms with Crippen LogP contribution in [0.25, 0.3) is 0 Å². The number of halogens is 1. The predicted octanol–water partition coefficient (Wildman–Crippen LogP) is -2.07. The summed E-state index contributed by atoms with van der Waals surface area (Å²) in [6.45, 7) is 2.32. The van der Waals surface area contributed by atoms with Gasteiger partial charge in [0.2, 0.25) is 0 Å². The third-order valence-electron chi connectivity index (χ3n) is 0.585. The van der Waals surface area contributed by atoms with Crippen molar-refractivity contribution < 1.29 is 19.4 Å². The van der Waals surface area contributed by atoms with Gasteiger partial charge in [-0.15, -0.1) is 12.4 Å². The van der Waals surface area contributed by atoms with Gasteiger partial charge in [-0.2, -0.15) is 0 Å². The average Bonchev–Trinajstić information content (AvgIpc) is 1.63. The van der Waals surface area contributed by atoms with Gasteiger partial charge in [0.15, 0.2) is 0 Å². The Morgan fingerprint density at radius 1 is 1.23 bits per heavy atom. The Hall–Kier alpha value is 2.39. The molecule has 1 atom stereocenters. The Labute approximate surface area is 150 Å². The van der Waals surface area contributed by atoms with Gasteiger partial charge < -0.3 is 9.84 Å². The summed E-state index contributed by atoms with van der Waals surface area (Å²) in [7, 11) is 0. The molecular weight excluding hydrogens is 228 g/mol. The second kappa shape index (κ2) is 16.8. The Kier molecular flexibility index (Phi) is 38.2. The fourth-order valence-corrected chi connectivity index (χ4v) is 0.227. The van der Waals surface area contributed by atoms with E-state index in [0.717, 1.165) is 6.92 Å². The second-order valence-electron chi connectivity index (χ2n) is 1.59. The molecule has 0 aromatic rings. The summed E-state index contributed by atoms with van der Waals surface area (Å²) < 4.78 is 3.98. The van der Waals surface area contributed by atoms with E-state index in [1.165, 1.54) is 6.92 Å². The predicted molar refractivity (Wildman–Crippen MR) is 57.1 cm³/mol. The van der Waals surface area contributed by atoms with Crippen LogP contribution in [0.3, 0.4) is 0 Å². The van der Waals surface area contributed by atoms with E-state index in [4.69, 9.17) is 5.11 Å². The molecule has 0 amide bonds. The minimum absolute atomic E-state index is 0. The summed E-state index contributed by atoms with van der Waals surface area (Å²) >= 11 is 0.